The van der Waals surface area contributed by atoms with Gasteiger partial charge in [-0.3, -0.25) is 19.3 Å². The van der Waals surface area contributed by atoms with E-state index in [4.69, 9.17) is 9.16 Å². The van der Waals surface area contributed by atoms with E-state index in [2.05, 4.69) is 0 Å². The molecule has 0 N–H and O–H groups in total. The van der Waals surface area contributed by atoms with Gasteiger partial charge in [-0.1, -0.05) is 12.8 Å². The molecule has 0 aromatic heterocycles. The summed E-state index contributed by atoms with van der Waals surface area (Å²) in [6.07, 6.45) is 7.79. The molecule has 0 aromatic rings. The Labute approximate surface area is 150 Å². The molecule has 0 aromatic carbocycles. The molecule has 0 radical (unpaired) electrons. The van der Waals surface area contributed by atoms with E-state index in [-0.39, 0.29) is 18.4 Å². The summed E-state index contributed by atoms with van der Waals surface area (Å²) in [7, 11) is 0.512. The zero-order valence-electron chi connectivity index (χ0n) is 15.1. The minimum Gasteiger partial charge on any atom is -0.420 e. The van der Waals surface area contributed by atoms with E-state index in [0.29, 0.717) is 38.3 Å². The largest absolute Gasteiger partial charge is 0.420 e. The Morgan fingerprint density at radius 2 is 1.76 bits per heavy atom. The van der Waals surface area contributed by atoms with Crippen molar-refractivity contribution in [2.24, 2.45) is 0 Å². The van der Waals surface area contributed by atoms with E-state index in [1.165, 1.54) is 36.7 Å². The van der Waals surface area contributed by atoms with Gasteiger partial charge in [0.1, 0.15) is 5.78 Å². The quantitative estimate of drug-likeness (QED) is 0.284. The van der Waals surface area contributed by atoms with Crippen molar-refractivity contribution in [3.63, 3.8) is 0 Å². The van der Waals surface area contributed by atoms with Crippen molar-refractivity contribution in [2.75, 3.05) is 26.9 Å². The highest BCUT2D eigenvalue weighted by atomic mass is 28.4. The number of nitrogens with zero attached hydrogens (tertiary/aromatic N) is 1. The fourth-order valence-electron chi connectivity index (χ4n) is 3.30. The normalized spacial score (nSPS) is 18.7. The second-order valence-corrected chi connectivity index (χ2v) is 11.1. The molecule has 0 saturated carbocycles. The van der Waals surface area contributed by atoms with Crippen LogP contribution >= 0.6 is 0 Å². The Morgan fingerprint density at radius 3 is 2.36 bits per heavy atom. The first-order valence-electron chi connectivity index (χ1n) is 9.24. The zero-order chi connectivity index (χ0) is 18.1. The van der Waals surface area contributed by atoms with Gasteiger partial charge in [0.2, 0.25) is 0 Å². The Kier molecular flexibility index (Phi) is 7.99. The number of hydrogen-bond donors (Lipinski definition) is 0. The Morgan fingerprint density at radius 1 is 1.08 bits per heavy atom. The van der Waals surface area contributed by atoms with Crippen LogP contribution in [0.2, 0.25) is 18.1 Å². The SMILES string of the molecule is CO[Si]1(CCCCC(=O)CCCOCCN2C(=O)C=CC2=O)CCC1. The number of rotatable bonds is 13. The molecule has 2 heterocycles. The van der Waals surface area contributed by atoms with Crippen LogP contribution in [-0.4, -0.2) is 57.7 Å². The highest BCUT2D eigenvalue weighted by molar-refractivity contribution is 6.76. The Balaban J connectivity index is 1.42. The van der Waals surface area contributed by atoms with Gasteiger partial charge in [-0.15, -0.1) is 0 Å². The van der Waals surface area contributed by atoms with Crippen LogP contribution in [0, 0.1) is 0 Å². The van der Waals surface area contributed by atoms with Crippen LogP contribution < -0.4 is 0 Å². The van der Waals surface area contributed by atoms with Gasteiger partial charge in [0.05, 0.1) is 13.2 Å². The average molecular weight is 368 g/mol. The highest BCUT2D eigenvalue weighted by Crippen LogP contribution is 2.37. The lowest BCUT2D eigenvalue weighted by Crippen LogP contribution is -2.43. The van der Waals surface area contributed by atoms with E-state index >= 15 is 0 Å². The molecule has 25 heavy (non-hydrogen) atoms. The zero-order valence-corrected chi connectivity index (χ0v) is 16.1. The fraction of sp³-hybridized carbons (Fsp3) is 0.722. The van der Waals surface area contributed by atoms with Crippen molar-refractivity contribution in [3.8, 4) is 0 Å². The molecule has 140 valence electrons. The van der Waals surface area contributed by atoms with Crippen LogP contribution in [0.15, 0.2) is 12.2 Å². The number of ketones is 1. The first-order chi connectivity index (χ1) is 12.1. The predicted molar refractivity (Wildman–Crippen MR) is 96.6 cm³/mol. The molecule has 0 unspecified atom stereocenters. The molecular weight excluding hydrogens is 338 g/mol. The van der Waals surface area contributed by atoms with Gasteiger partial charge < -0.3 is 9.16 Å². The predicted octanol–water partition coefficient (Wildman–Crippen LogP) is 2.44. The van der Waals surface area contributed by atoms with Gasteiger partial charge in [-0.25, -0.2) is 0 Å². The maximum atomic E-state index is 11.9. The van der Waals surface area contributed by atoms with Crippen molar-refractivity contribution < 1.29 is 23.5 Å². The molecule has 1 fully saturated rings. The number of Topliss-reactive ketones (excluding diaryl/α,β-unsaturated/α-hetero) is 1. The van der Waals surface area contributed by atoms with Crippen molar-refractivity contribution in [2.45, 2.75) is 56.7 Å². The number of ether oxygens (including phenoxy) is 1. The Bertz CT molecular complexity index is 492. The lowest BCUT2D eigenvalue weighted by Gasteiger charge is -2.37. The smallest absolute Gasteiger partial charge is 0.253 e. The topological polar surface area (TPSA) is 72.9 Å². The molecule has 6 nitrogen and oxygen atoms in total. The number of imide groups is 1. The maximum Gasteiger partial charge on any atom is 0.253 e. The molecule has 1 saturated heterocycles. The van der Waals surface area contributed by atoms with E-state index in [1.54, 1.807) is 0 Å². The number of carbonyl (C=O) groups is 3. The van der Waals surface area contributed by atoms with Crippen LogP contribution in [0.1, 0.15) is 38.5 Å². The van der Waals surface area contributed by atoms with Crippen LogP contribution in [0.3, 0.4) is 0 Å². The lowest BCUT2D eigenvalue weighted by atomic mass is 10.1. The molecule has 2 aliphatic rings. The molecule has 0 atom stereocenters. The molecule has 0 aliphatic carbocycles. The molecular formula is C18H29NO5Si. The van der Waals surface area contributed by atoms with Gasteiger partial charge in [-0.2, -0.15) is 0 Å². The second-order valence-electron chi connectivity index (χ2n) is 6.86. The van der Waals surface area contributed by atoms with Crippen molar-refractivity contribution in [3.05, 3.63) is 12.2 Å². The van der Waals surface area contributed by atoms with Crippen LogP contribution in [-0.2, 0) is 23.5 Å². The van der Waals surface area contributed by atoms with E-state index in [1.807, 2.05) is 7.11 Å². The van der Waals surface area contributed by atoms with Crippen LogP contribution in [0.25, 0.3) is 0 Å². The van der Waals surface area contributed by atoms with Gasteiger partial charge in [0, 0.05) is 38.7 Å². The van der Waals surface area contributed by atoms with Gasteiger partial charge in [0.25, 0.3) is 11.8 Å². The summed E-state index contributed by atoms with van der Waals surface area (Å²) in [5, 5.41) is 0. The third kappa shape index (κ3) is 6.16. The molecule has 2 aliphatic heterocycles. The van der Waals surface area contributed by atoms with E-state index < -0.39 is 8.32 Å². The van der Waals surface area contributed by atoms with E-state index in [9.17, 15) is 14.4 Å². The summed E-state index contributed by atoms with van der Waals surface area (Å²) in [6, 6.07) is 3.78. The summed E-state index contributed by atoms with van der Waals surface area (Å²) in [5.41, 5.74) is 0. The monoisotopic (exact) mass is 367 g/mol. The minimum atomic E-state index is -1.34. The summed E-state index contributed by atoms with van der Waals surface area (Å²) < 4.78 is 11.1. The standard InChI is InChI=1S/C18H29NO5Si/c1-23-25(14-5-15-25)13-3-2-6-16(20)7-4-11-24-12-10-19-17(21)8-9-18(19)22/h8-9H,2-7,10-15H2,1H3. The van der Waals surface area contributed by atoms with Crippen LogP contribution in [0.5, 0.6) is 0 Å². The first-order valence-corrected chi connectivity index (χ1v) is 11.8. The molecule has 2 rings (SSSR count). The van der Waals surface area contributed by atoms with E-state index in [0.717, 1.165) is 17.7 Å². The van der Waals surface area contributed by atoms with Crippen molar-refractivity contribution in [1.29, 1.82) is 0 Å². The van der Waals surface area contributed by atoms with Gasteiger partial charge >= 0.3 is 0 Å². The van der Waals surface area contributed by atoms with Gasteiger partial charge in [-0.05, 0) is 31.0 Å². The molecule has 7 heteroatoms. The summed E-state index contributed by atoms with van der Waals surface area (Å²) in [6.45, 7) is 1.07. The fourth-order valence-corrected chi connectivity index (χ4v) is 6.45. The van der Waals surface area contributed by atoms with Gasteiger partial charge in [0.15, 0.2) is 8.32 Å². The summed E-state index contributed by atoms with van der Waals surface area (Å²) >= 11 is 0. The number of hydrogen-bond acceptors (Lipinski definition) is 5. The minimum absolute atomic E-state index is 0.268. The highest BCUT2D eigenvalue weighted by Gasteiger charge is 2.39. The third-order valence-corrected chi connectivity index (χ3v) is 9.80. The molecule has 0 bridgehead atoms. The number of carbonyl (C=O) groups excluding carboxylic acids is 3. The summed E-state index contributed by atoms with van der Waals surface area (Å²) in [5.74, 6) is -0.285. The first kappa shape index (κ1) is 20.0. The van der Waals surface area contributed by atoms with Crippen molar-refractivity contribution >= 4 is 25.9 Å². The van der Waals surface area contributed by atoms with Crippen molar-refractivity contribution in [1.82, 2.24) is 4.90 Å². The molecule has 2 amide bonds. The number of unbranched alkanes of at least 4 members (excludes halogenated alkanes) is 1. The lowest BCUT2D eigenvalue weighted by molar-refractivity contribution is -0.137. The molecule has 0 spiro atoms. The Hall–Kier alpha value is -1.31. The second kappa shape index (κ2) is 9.99. The maximum absolute atomic E-state index is 11.9. The average Bonchev–Trinajstić information content (AvgIpc) is 2.88. The summed E-state index contributed by atoms with van der Waals surface area (Å²) in [4.78, 5) is 35.7. The number of amides is 2. The third-order valence-electron chi connectivity index (χ3n) is 5.14. The van der Waals surface area contributed by atoms with Crippen LogP contribution in [0.4, 0.5) is 0 Å².